The van der Waals surface area contributed by atoms with E-state index in [-0.39, 0.29) is 6.61 Å². The molecule has 0 saturated heterocycles. The van der Waals surface area contributed by atoms with Gasteiger partial charge in [0.15, 0.2) is 0 Å². The van der Waals surface area contributed by atoms with Crippen LogP contribution in [-0.2, 0) is 12.8 Å². The Labute approximate surface area is 187 Å². The molecule has 4 aromatic rings. The van der Waals surface area contributed by atoms with Crippen molar-refractivity contribution in [1.29, 1.82) is 0 Å². The number of H-pyrrole nitrogens is 1. The molecular weight excluding hydrogens is 404 g/mol. The van der Waals surface area contributed by atoms with Crippen LogP contribution >= 0.6 is 11.9 Å². The first kappa shape index (κ1) is 21.5. The molecule has 0 saturated carbocycles. The third-order valence-corrected chi connectivity index (χ3v) is 6.17. The number of aromatic nitrogens is 1. The highest BCUT2D eigenvalue weighted by Gasteiger charge is 2.18. The Kier molecular flexibility index (Phi) is 6.97. The summed E-state index contributed by atoms with van der Waals surface area (Å²) in [6.07, 6.45) is 4.78. The fraction of sp³-hybridized carbons (Fsp3) is 0.231. The molecule has 0 aliphatic carbocycles. The van der Waals surface area contributed by atoms with Gasteiger partial charge in [-0.05, 0) is 77.7 Å². The number of aliphatic hydroxyl groups is 1. The number of rotatable bonds is 5. The summed E-state index contributed by atoms with van der Waals surface area (Å²) in [5, 5.41) is 15.7. The summed E-state index contributed by atoms with van der Waals surface area (Å²) in [7, 11) is 0. The number of hydrogen-bond acceptors (Lipinski definition) is 4. The van der Waals surface area contributed by atoms with E-state index in [2.05, 4.69) is 60.4 Å². The van der Waals surface area contributed by atoms with E-state index in [9.17, 15) is 0 Å². The second kappa shape index (κ2) is 10.1. The average molecular weight is 433 g/mol. The molecule has 2 heterocycles. The molecule has 0 radical (unpaired) electrons. The Balaban J connectivity index is 0.000000158. The van der Waals surface area contributed by atoms with E-state index in [4.69, 9.17) is 15.0 Å². The van der Waals surface area contributed by atoms with E-state index < -0.39 is 0 Å². The van der Waals surface area contributed by atoms with Gasteiger partial charge in [0.25, 0.3) is 0 Å². The summed E-state index contributed by atoms with van der Waals surface area (Å²) in [5.74, 6) is 0.972. The van der Waals surface area contributed by atoms with Crippen LogP contribution in [0.5, 0.6) is 5.75 Å². The van der Waals surface area contributed by atoms with Crippen molar-refractivity contribution in [2.45, 2.75) is 31.1 Å². The number of aromatic amines is 1. The zero-order valence-electron chi connectivity index (χ0n) is 17.7. The molecule has 31 heavy (non-hydrogen) atoms. The van der Waals surface area contributed by atoms with Gasteiger partial charge in [-0.15, -0.1) is 0 Å². The van der Waals surface area contributed by atoms with Gasteiger partial charge in [-0.1, -0.05) is 42.5 Å². The molecule has 4 nitrogen and oxygen atoms in total. The Bertz CT molecular complexity index is 1170. The predicted molar refractivity (Wildman–Crippen MR) is 130 cm³/mol. The van der Waals surface area contributed by atoms with E-state index in [1.165, 1.54) is 50.7 Å². The molecule has 0 unspecified atom stereocenters. The Morgan fingerprint density at radius 2 is 1.90 bits per heavy atom. The van der Waals surface area contributed by atoms with Crippen molar-refractivity contribution in [3.8, 4) is 16.9 Å². The maximum atomic E-state index is 8.73. The molecule has 0 fully saturated rings. The Morgan fingerprint density at radius 1 is 1.10 bits per heavy atom. The van der Waals surface area contributed by atoms with Crippen LogP contribution in [0.3, 0.4) is 0 Å². The number of hydrogen-bond donors (Lipinski definition) is 3. The van der Waals surface area contributed by atoms with Gasteiger partial charge < -0.3 is 14.8 Å². The van der Waals surface area contributed by atoms with Gasteiger partial charge >= 0.3 is 0 Å². The first-order valence-corrected chi connectivity index (χ1v) is 11.5. The zero-order valence-corrected chi connectivity index (χ0v) is 18.5. The molecule has 5 rings (SSSR count). The van der Waals surface area contributed by atoms with Crippen LogP contribution in [0.25, 0.3) is 22.0 Å². The molecule has 4 N–H and O–H groups in total. The van der Waals surface area contributed by atoms with Crippen molar-refractivity contribution in [2.24, 2.45) is 5.14 Å². The van der Waals surface area contributed by atoms with Crippen molar-refractivity contribution in [3.05, 3.63) is 83.6 Å². The molecule has 0 amide bonds. The normalized spacial score (nSPS) is 12.2. The maximum Gasteiger partial charge on any atom is 0.137 e. The number of nitrogens with two attached hydrogens (primary N) is 1. The molecule has 1 aliphatic rings. The zero-order chi connectivity index (χ0) is 21.6. The lowest BCUT2D eigenvalue weighted by Gasteiger charge is -2.11. The Hall–Kier alpha value is -2.73. The topological polar surface area (TPSA) is 71.3 Å². The van der Waals surface area contributed by atoms with Crippen molar-refractivity contribution in [3.63, 3.8) is 0 Å². The van der Waals surface area contributed by atoms with E-state index in [0.29, 0.717) is 0 Å². The SMILES string of the molecule is Cc1ccccc1-c1cc2c(c(SN)c1)OCC2.OCCCc1c[nH]c2ccccc12. The number of nitrogens with one attached hydrogen (secondary N) is 1. The molecule has 0 bridgehead atoms. The summed E-state index contributed by atoms with van der Waals surface area (Å²) in [6, 6.07) is 21.0. The fourth-order valence-corrected chi connectivity index (χ4v) is 4.51. The number of aryl methyl sites for hydroxylation is 2. The summed E-state index contributed by atoms with van der Waals surface area (Å²) in [6.45, 7) is 3.16. The predicted octanol–water partition coefficient (Wildman–Crippen LogP) is 5.66. The van der Waals surface area contributed by atoms with E-state index >= 15 is 0 Å². The number of aliphatic hydroxyl groups excluding tert-OH is 1. The van der Waals surface area contributed by atoms with Crippen LogP contribution in [0.1, 0.15) is 23.1 Å². The third-order valence-electron chi connectivity index (χ3n) is 5.61. The van der Waals surface area contributed by atoms with E-state index in [0.717, 1.165) is 36.5 Å². The van der Waals surface area contributed by atoms with Crippen LogP contribution in [0, 0.1) is 6.92 Å². The van der Waals surface area contributed by atoms with Crippen LogP contribution in [0.15, 0.2) is 71.8 Å². The maximum absolute atomic E-state index is 8.73. The average Bonchev–Trinajstić information content (AvgIpc) is 3.45. The summed E-state index contributed by atoms with van der Waals surface area (Å²) in [4.78, 5) is 4.25. The molecule has 1 aliphatic heterocycles. The van der Waals surface area contributed by atoms with Crippen molar-refractivity contribution >= 4 is 22.9 Å². The largest absolute Gasteiger partial charge is 0.492 e. The second-order valence-corrected chi connectivity index (χ2v) is 8.36. The number of ether oxygens (including phenoxy) is 1. The fourth-order valence-electron chi connectivity index (χ4n) is 4.02. The van der Waals surface area contributed by atoms with Gasteiger partial charge in [0, 0.05) is 30.1 Å². The number of para-hydroxylation sites is 1. The van der Waals surface area contributed by atoms with Crippen molar-refractivity contribution in [1.82, 2.24) is 4.98 Å². The van der Waals surface area contributed by atoms with Gasteiger partial charge in [-0.25, -0.2) is 0 Å². The third kappa shape index (κ3) is 4.79. The smallest absolute Gasteiger partial charge is 0.137 e. The highest BCUT2D eigenvalue weighted by molar-refractivity contribution is 7.97. The van der Waals surface area contributed by atoms with Crippen LogP contribution in [0.2, 0.25) is 0 Å². The van der Waals surface area contributed by atoms with E-state index in [1.54, 1.807) is 0 Å². The van der Waals surface area contributed by atoms with Crippen LogP contribution in [0.4, 0.5) is 0 Å². The lowest BCUT2D eigenvalue weighted by Crippen LogP contribution is -1.90. The van der Waals surface area contributed by atoms with E-state index in [1.807, 2.05) is 18.3 Å². The van der Waals surface area contributed by atoms with Gasteiger partial charge in [0.05, 0.1) is 11.5 Å². The molecule has 3 aromatic carbocycles. The van der Waals surface area contributed by atoms with Crippen LogP contribution in [-0.4, -0.2) is 23.3 Å². The highest BCUT2D eigenvalue weighted by atomic mass is 32.2. The highest BCUT2D eigenvalue weighted by Crippen LogP contribution is 2.39. The minimum absolute atomic E-state index is 0.263. The molecule has 0 atom stereocenters. The first-order chi connectivity index (χ1) is 15.2. The minimum atomic E-state index is 0.263. The quantitative estimate of drug-likeness (QED) is 0.356. The second-order valence-electron chi connectivity index (χ2n) is 7.68. The number of fused-ring (bicyclic) bond motifs is 2. The molecule has 5 heteroatoms. The first-order valence-electron chi connectivity index (χ1n) is 10.6. The monoisotopic (exact) mass is 432 g/mol. The molecule has 160 valence electrons. The van der Waals surface area contributed by atoms with Gasteiger partial charge in [0.2, 0.25) is 0 Å². The summed E-state index contributed by atoms with van der Waals surface area (Å²) in [5.41, 5.74) is 7.51. The van der Waals surface area contributed by atoms with Gasteiger partial charge in [0.1, 0.15) is 5.75 Å². The molecular formula is C26H28N2O2S. The summed E-state index contributed by atoms with van der Waals surface area (Å²) < 4.78 is 5.64. The van der Waals surface area contributed by atoms with Crippen LogP contribution < -0.4 is 9.88 Å². The molecule has 1 aromatic heterocycles. The van der Waals surface area contributed by atoms with Crippen molar-refractivity contribution < 1.29 is 9.84 Å². The van der Waals surface area contributed by atoms with Gasteiger partial charge in [-0.3, -0.25) is 5.14 Å². The number of benzene rings is 3. The minimum Gasteiger partial charge on any atom is -0.492 e. The van der Waals surface area contributed by atoms with Crippen molar-refractivity contribution in [2.75, 3.05) is 13.2 Å². The Morgan fingerprint density at radius 3 is 2.71 bits per heavy atom. The lowest BCUT2D eigenvalue weighted by atomic mass is 9.98. The molecule has 0 spiro atoms. The lowest BCUT2D eigenvalue weighted by molar-refractivity contribution is 0.289. The van der Waals surface area contributed by atoms with Gasteiger partial charge in [-0.2, -0.15) is 0 Å². The standard InChI is InChI=1S/C15H15NOS.C11H13NO/c1-10-4-2-3-5-13(10)12-8-11-6-7-17-15(11)14(9-12)18-16;13-7-3-4-9-8-12-11-6-2-1-5-10(9)11/h2-5,8-9H,6-7,16H2,1H3;1-2,5-6,8,12-13H,3-4,7H2. The summed E-state index contributed by atoms with van der Waals surface area (Å²) >= 11 is 1.26.